The molecule has 2 heterocycles. The zero-order valence-corrected chi connectivity index (χ0v) is 17.5. The van der Waals surface area contributed by atoms with Crippen LogP contribution < -0.4 is 10.1 Å². The molecule has 1 N–H and O–H groups in total. The maximum atomic E-state index is 12.8. The number of rotatable bonds is 6. The molecule has 0 spiro atoms. The van der Waals surface area contributed by atoms with E-state index >= 15 is 0 Å². The fraction of sp³-hybridized carbons (Fsp3) is 0.0952. The lowest BCUT2D eigenvalue weighted by molar-refractivity contribution is 0.102. The molecule has 0 bridgehead atoms. The number of thiazole rings is 1. The summed E-state index contributed by atoms with van der Waals surface area (Å²) in [5.41, 5.74) is 3.09. The van der Waals surface area contributed by atoms with Crippen molar-refractivity contribution in [3.63, 3.8) is 0 Å². The third-order valence-electron chi connectivity index (χ3n) is 4.28. The first-order valence-electron chi connectivity index (χ1n) is 8.77. The van der Waals surface area contributed by atoms with Gasteiger partial charge in [-0.05, 0) is 36.6 Å². The van der Waals surface area contributed by atoms with E-state index in [0.29, 0.717) is 10.7 Å². The molecule has 8 heteroatoms. The molecule has 29 heavy (non-hydrogen) atoms. The molecule has 0 aliphatic carbocycles. The number of para-hydroxylation sites is 1. The Balaban J connectivity index is 1.55. The predicted molar refractivity (Wildman–Crippen MR) is 117 cm³/mol. The Morgan fingerprint density at radius 2 is 2.07 bits per heavy atom. The monoisotopic (exact) mass is 422 g/mol. The summed E-state index contributed by atoms with van der Waals surface area (Å²) in [6.45, 7) is 0. The van der Waals surface area contributed by atoms with Gasteiger partial charge in [-0.25, -0.2) is 9.97 Å². The molecule has 0 atom stereocenters. The van der Waals surface area contributed by atoms with Gasteiger partial charge in [0.1, 0.15) is 5.75 Å². The van der Waals surface area contributed by atoms with Crippen molar-refractivity contribution in [2.75, 3.05) is 18.7 Å². The first kappa shape index (κ1) is 19.2. The third-order valence-corrected chi connectivity index (χ3v) is 5.71. The van der Waals surface area contributed by atoms with E-state index in [9.17, 15) is 4.79 Å². The van der Waals surface area contributed by atoms with E-state index < -0.39 is 0 Å². The van der Waals surface area contributed by atoms with Crippen molar-refractivity contribution in [1.82, 2.24) is 14.5 Å². The Hall–Kier alpha value is -3.10. The first-order chi connectivity index (χ1) is 14.2. The minimum Gasteiger partial charge on any atom is -0.496 e. The SMILES string of the molecule is COc1ccccc1-c1csc(NC(=O)c2cccc(-n3ccnc3SC)c2)n1. The Kier molecular flexibility index (Phi) is 5.64. The number of nitrogens with zero attached hydrogens (tertiary/aromatic N) is 3. The summed E-state index contributed by atoms with van der Waals surface area (Å²) in [4.78, 5) is 21.6. The molecule has 2 aromatic carbocycles. The average Bonchev–Trinajstić information content (AvgIpc) is 3.43. The molecular formula is C21H18N4O2S2. The molecule has 4 rings (SSSR count). The highest BCUT2D eigenvalue weighted by Gasteiger charge is 2.13. The molecular weight excluding hydrogens is 404 g/mol. The number of anilines is 1. The molecule has 0 saturated heterocycles. The van der Waals surface area contributed by atoms with Crippen LogP contribution in [0.15, 0.2) is 71.5 Å². The van der Waals surface area contributed by atoms with Crippen molar-refractivity contribution in [3.8, 4) is 22.7 Å². The number of hydrogen-bond acceptors (Lipinski definition) is 6. The summed E-state index contributed by atoms with van der Waals surface area (Å²) in [6, 6.07) is 15.1. The summed E-state index contributed by atoms with van der Waals surface area (Å²) in [6.07, 6.45) is 5.59. The normalized spacial score (nSPS) is 10.7. The number of amides is 1. The van der Waals surface area contributed by atoms with E-state index in [4.69, 9.17) is 4.74 Å². The van der Waals surface area contributed by atoms with Crippen LogP contribution in [0.3, 0.4) is 0 Å². The number of benzene rings is 2. The second-order valence-electron chi connectivity index (χ2n) is 6.03. The number of thioether (sulfide) groups is 1. The Morgan fingerprint density at radius 3 is 2.90 bits per heavy atom. The largest absolute Gasteiger partial charge is 0.496 e. The van der Waals surface area contributed by atoms with Gasteiger partial charge in [-0.1, -0.05) is 30.0 Å². The van der Waals surface area contributed by atoms with Gasteiger partial charge in [0.05, 0.1) is 12.8 Å². The quantitative estimate of drug-likeness (QED) is 0.444. The van der Waals surface area contributed by atoms with Crippen LogP contribution in [0.4, 0.5) is 5.13 Å². The third kappa shape index (κ3) is 4.03. The highest BCUT2D eigenvalue weighted by Crippen LogP contribution is 2.32. The van der Waals surface area contributed by atoms with E-state index in [1.807, 2.05) is 64.9 Å². The van der Waals surface area contributed by atoms with Gasteiger partial charge in [0.25, 0.3) is 5.91 Å². The fourth-order valence-corrected chi connectivity index (χ4v) is 4.15. The Bertz CT molecular complexity index is 1150. The Labute approximate surface area is 176 Å². The minimum absolute atomic E-state index is 0.210. The van der Waals surface area contributed by atoms with Gasteiger partial charge in [0.15, 0.2) is 10.3 Å². The van der Waals surface area contributed by atoms with Crippen LogP contribution in [0.25, 0.3) is 16.9 Å². The number of methoxy groups -OCH3 is 1. The highest BCUT2D eigenvalue weighted by atomic mass is 32.2. The molecule has 146 valence electrons. The minimum atomic E-state index is -0.210. The van der Waals surface area contributed by atoms with E-state index in [1.165, 1.54) is 11.3 Å². The van der Waals surface area contributed by atoms with Crippen LogP contribution in [0.5, 0.6) is 5.75 Å². The zero-order valence-electron chi connectivity index (χ0n) is 15.8. The topological polar surface area (TPSA) is 69.0 Å². The number of aromatic nitrogens is 3. The predicted octanol–water partition coefficient (Wildman–Crippen LogP) is 4.98. The van der Waals surface area contributed by atoms with Crippen LogP contribution in [-0.4, -0.2) is 33.8 Å². The molecule has 2 aromatic heterocycles. The summed E-state index contributed by atoms with van der Waals surface area (Å²) in [7, 11) is 1.63. The first-order valence-corrected chi connectivity index (χ1v) is 10.9. The number of hydrogen-bond donors (Lipinski definition) is 1. The van der Waals surface area contributed by atoms with Crippen molar-refractivity contribution in [2.24, 2.45) is 0 Å². The lowest BCUT2D eigenvalue weighted by atomic mass is 10.1. The number of imidazole rings is 1. The second kappa shape index (κ2) is 8.50. The van der Waals surface area contributed by atoms with Crippen LogP contribution >= 0.6 is 23.1 Å². The second-order valence-corrected chi connectivity index (χ2v) is 7.66. The number of nitrogens with one attached hydrogen (secondary N) is 1. The molecule has 0 aliphatic rings. The number of carbonyl (C=O) groups excluding carboxylic acids is 1. The van der Waals surface area contributed by atoms with E-state index in [0.717, 1.165) is 27.9 Å². The van der Waals surface area contributed by atoms with Crippen molar-refractivity contribution in [1.29, 1.82) is 0 Å². The maximum Gasteiger partial charge on any atom is 0.257 e. The van der Waals surface area contributed by atoms with Crippen molar-refractivity contribution in [2.45, 2.75) is 5.16 Å². The summed E-state index contributed by atoms with van der Waals surface area (Å²) >= 11 is 2.93. The fourth-order valence-electron chi connectivity index (χ4n) is 2.91. The molecule has 0 saturated carbocycles. The molecule has 1 amide bonds. The summed E-state index contributed by atoms with van der Waals surface area (Å²) in [5, 5.41) is 6.19. The van der Waals surface area contributed by atoms with Gasteiger partial charge in [-0.3, -0.25) is 14.7 Å². The molecule has 4 aromatic rings. The van der Waals surface area contributed by atoms with E-state index in [1.54, 1.807) is 31.1 Å². The smallest absolute Gasteiger partial charge is 0.257 e. The van der Waals surface area contributed by atoms with Crippen LogP contribution in [-0.2, 0) is 0 Å². The van der Waals surface area contributed by atoms with Crippen molar-refractivity contribution in [3.05, 3.63) is 71.9 Å². The van der Waals surface area contributed by atoms with Crippen LogP contribution in [0, 0.1) is 0 Å². The molecule has 6 nitrogen and oxygen atoms in total. The lowest BCUT2D eigenvalue weighted by Crippen LogP contribution is -2.12. The standard InChI is InChI=1S/C21H18N4O2S2/c1-27-18-9-4-3-8-16(18)17-13-29-20(23-17)24-19(26)14-6-5-7-15(12-14)25-11-10-22-21(25)28-2/h3-13H,1-2H3,(H,23,24,26). The van der Waals surface area contributed by atoms with Gasteiger partial charge < -0.3 is 4.74 Å². The molecule has 0 aliphatic heterocycles. The van der Waals surface area contributed by atoms with Crippen molar-refractivity contribution >= 4 is 34.1 Å². The summed E-state index contributed by atoms with van der Waals surface area (Å²) in [5.74, 6) is 0.534. The van der Waals surface area contributed by atoms with E-state index in [-0.39, 0.29) is 5.91 Å². The number of ether oxygens (including phenoxy) is 1. The average molecular weight is 423 g/mol. The van der Waals surface area contributed by atoms with Gasteiger partial charge in [-0.2, -0.15) is 0 Å². The zero-order chi connectivity index (χ0) is 20.2. The lowest BCUT2D eigenvalue weighted by Gasteiger charge is -2.08. The van der Waals surface area contributed by atoms with Crippen LogP contribution in [0.2, 0.25) is 0 Å². The summed E-state index contributed by atoms with van der Waals surface area (Å²) < 4.78 is 7.34. The Morgan fingerprint density at radius 1 is 1.21 bits per heavy atom. The van der Waals surface area contributed by atoms with Gasteiger partial charge in [0.2, 0.25) is 0 Å². The van der Waals surface area contributed by atoms with Crippen LogP contribution in [0.1, 0.15) is 10.4 Å². The molecule has 0 radical (unpaired) electrons. The van der Waals surface area contributed by atoms with Crippen molar-refractivity contribution < 1.29 is 9.53 Å². The maximum absolute atomic E-state index is 12.8. The van der Waals surface area contributed by atoms with Gasteiger partial charge in [0, 0.05) is 34.6 Å². The molecule has 0 unspecified atom stereocenters. The number of carbonyl (C=O) groups is 1. The molecule has 0 fully saturated rings. The van der Waals surface area contributed by atoms with Gasteiger partial charge >= 0.3 is 0 Å². The van der Waals surface area contributed by atoms with E-state index in [2.05, 4.69) is 15.3 Å². The van der Waals surface area contributed by atoms with Gasteiger partial charge in [-0.15, -0.1) is 11.3 Å². The highest BCUT2D eigenvalue weighted by molar-refractivity contribution is 7.98.